The molecule has 4 fully saturated rings. The third-order valence-corrected chi connectivity index (χ3v) is 11.8. The number of nitrogens with one attached hydrogen (secondary N) is 1. The number of carbonyl (C=O) groups excluding carboxylic acids is 3. The van der Waals surface area contributed by atoms with Gasteiger partial charge in [0.15, 0.2) is 0 Å². The van der Waals surface area contributed by atoms with E-state index in [1.54, 1.807) is 44.7 Å². The number of alkyl halides is 1. The van der Waals surface area contributed by atoms with Crippen molar-refractivity contribution in [1.29, 1.82) is 0 Å². The molecule has 55 heavy (non-hydrogen) atoms. The molecule has 1 aromatic carbocycles. The molecule has 2 saturated carbocycles. The van der Waals surface area contributed by atoms with Gasteiger partial charge in [-0.3, -0.25) is 9.59 Å². The van der Waals surface area contributed by atoms with Gasteiger partial charge in [-0.05, 0) is 89.8 Å². The van der Waals surface area contributed by atoms with Crippen molar-refractivity contribution in [2.24, 2.45) is 11.8 Å². The van der Waals surface area contributed by atoms with Gasteiger partial charge in [-0.15, -0.1) is 0 Å². The Labute approximate surface area is 320 Å². The summed E-state index contributed by atoms with van der Waals surface area (Å²) in [6.45, 7) is 9.61. The van der Waals surface area contributed by atoms with Crippen molar-refractivity contribution < 1.29 is 33.4 Å². The maximum atomic E-state index is 15.0. The first-order chi connectivity index (χ1) is 26.3. The van der Waals surface area contributed by atoms with Crippen molar-refractivity contribution in [3.05, 3.63) is 53.2 Å². The minimum Gasteiger partial charge on any atom is -0.494 e. The van der Waals surface area contributed by atoms with Crippen molar-refractivity contribution in [2.75, 3.05) is 33.3 Å². The lowest BCUT2D eigenvalue weighted by molar-refractivity contribution is -0.141. The molecule has 0 spiro atoms. The van der Waals surface area contributed by atoms with Crippen LogP contribution in [0.25, 0.3) is 27.8 Å². The summed E-state index contributed by atoms with van der Waals surface area (Å²) in [5.41, 5.74) is 5.47. The van der Waals surface area contributed by atoms with E-state index in [2.05, 4.69) is 34.1 Å². The Morgan fingerprint density at radius 2 is 1.73 bits per heavy atom. The molecule has 0 unspecified atom stereocenters. The summed E-state index contributed by atoms with van der Waals surface area (Å²) in [4.78, 5) is 43.2. The highest BCUT2D eigenvalue weighted by Gasteiger charge is 2.39. The Morgan fingerprint density at radius 3 is 2.42 bits per heavy atom. The molecule has 8 rings (SSSR count). The van der Waals surface area contributed by atoms with Crippen LogP contribution < -0.4 is 10.1 Å². The summed E-state index contributed by atoms with van der Waals surface area (Å²) in [7, 11) is 1.57. The zero-order chi connectivity index (χ0) is 38.8. The molecular weight excluding hydrogens is 703 g/mol. The van der Waals surface area contributed by atoms with Gasteiger partial charge in [-0.25, -0.2) is 13.7 Å². The summed E-state index contributed by atoms with van der Waals surface area (Å²) in [5, 5.41) is 18.9. The molecule has 2 aliphatic heterocycles. The van der Waals surface area contributed by atoms with Crippen LogP contribution in [0.3, 0.4) is 0 Å². The number of carbonyl (C=O) groups is 3. The molecule has 13 heteroatoms. The van der Waals surface area contributed by atoms with Gasteiger partial charge in [0.25, 0.3) is 5.91 Å². The first-order valence-electron chi connectivity index (χ1n) is 19.9. The number of fused-ring (bicyclic) bond motifs is 2. The van der Waals surface area contributed by atoms with Gasteiger partial charge in [0.05, 0.1) is 42.6 Å². The third-order valence-electron chi connectivity index (χ3n) is 11.8. The number of hydrogen-bond donors (Lipinski definition) is 2. The molecule has 2 atom stereocenters. The number of amides is 3. The van der Waals surface area contributed by atoms with Gasteiger partial charge in [0.1, 0.15) is 28.7 Å². The normalized spacial score (nSPS) is 23.5. The topological polar surface area (TPSA) is 131 Å². The first kappa shape index (κ1) is 37.3. The minimum atomic E-state index is -1.31. The zero-order valence-corrected chi connectivity index (χ0v) is 32.5. The molecule has 12 nitrogen and oxygen atoms in total. The summed E-state index contributed by atoms with van der Waals surface area (Å²) < 4.78 is 30.3. The van der Waals surface area contributed by atoms with Gasteiger partial charge in [-0.1, -0.05) is 18.2 Å². The maximum Gasteiger partial charge on any atom is 0.407 e. The molecule has 4 aromatic rings. The van der Waals surface area contributed by atoms with Gasteiger partial charge < -0.3 is 34.3 Å². The van der Waals surface area contributed by atoms with Crippen molar-refractivity contribution in [2.45, 2.75) is 109 Å². The minimum absolute atomic E-state index is 0.00912. The Balaban J connectivity index is 1.08. The zero-order valence-electron chi connectivity index (χ0n) is 32.5. The Bertz CT molecular complexity index is 2120. The van der Waals surface area contributed by atoms with Crippen LogP contribution in [0.5, 0.6) is 5.75 Å². The number of para-hydroxylation sites is 1. The fourth-order valence-corrected chi connectivity index (χ4v) is 8.83. The van der Waals surface area contributed by atoms with Crippen LogP contribution in [-0.2, 0) is 16.1 Å². The van der Waals surface area contributed by atoms with E-state index in [4.69, 9.17) is 14.6 Å². The highest BCUT2D eigenvalue weighted by Crippen LogP contribution is 2.42. The number of piperidine rings is 1. The number of nitrogens with zero attached hydrogens (tertiary/aromatic N) is 5. The van der Waals surface area contributed by atoms with Crippen LogP contribution in [0.1, 0.15) is 93.1 Å². The lowest BCUT2D eigenvalue weighted by Crippen LogP contribution is -2.54. The lowest BCUT2D eigenvalue weighted by atomic mass is 9.83. The molecule has 2 saturated heterocycles. The number of benzene rings is 1. The number of rotatable bonds is 8. The number of hydrogen-bond acceptors (Lipinski definition) is 7. The molecule has 2 N–H and O–H groups in total. The number of pyridine rings is 1. The average Bonchev–Trinajstić information content (AvgIpc) is 3.77. The second-order valence-corrected chi connectivity index (χ2v) is 17.3. The third kappa shape index (κ3) is 7.51. The van der Waals surface area contributed by atoms with E-state index in [1.165, 1.54) is 28.8 Å². The molecule has 294 valence electrons. The average molecular weight is 757 g/mol. The van der Waals surface area contributed by atoms with E-state index in [1.807, 2.05) is 11.8 Å². The molecule has 5 heterocycles. The van der Waals surface area contributed by atoms with Crippen LogP contribution in [0.2, 0.25) is 0 Å². The smallest absolute Gasteiger partial charge is 0.407 e. The maximum absolute atomic E-state index is 15.0. The largest absolute Gasteiger partial charge is 0.494 e. The van der Waals surface area contributed by atoms with Crippen LogP contribution in [-0.4, -0.2) is 104 Å². The van der Waals surface area contributed by atoms with Gasteiger partial charge >= 0.3 is 6.09 Å². The second-order valence-electron chi connectivity index (χ2n) is 17.3. The number of aliphatic hydroxyl groups is 1. The number of aromatic nitrogens is 3. The molecule has 0 bridgehead atoms. The number of ether oxygens (including phenoxy) is 2. The number of aryl methyl sites for hydroxylation is 1. The van der Waals surface area contributed by atoms with Gasteiger partial charge in [0, 0.05) is 61.6 Å². The quantitative estimate of drug-likeness (QED) is 0.218. The van der Waals surface area contributed by atoms with E-state index in [0.29, 0.717) is 43.2 Å². The fourth-order valence-electron chi connectivity index (χ4n) is 8.83. The number of aliphatic hydroxyl groups excluding tert-OH is 1. The lowest BCUT2D eigenvalue weighted by Gasteiger charge is -2.42. The van der Waals surface area contributed by atoms with E-state index in [-0.39, 0.29) is 49.3 Å². The summed E-state index contributed by atoms with van der Waals surface area (Å²) in [6, 6.07) is 9.74. The highest BCUT2D eigenvalue weighted by molar-refractivity contribution is 5.96. The van der Waals surface area contributed by atoms with Crippen molar-refractivity contribution >= 4 is 34.3 Å². The monoisotopic (exact) mass is 756 g/mol. The number of alkyl carbamates (subject to hydrolysis) is 1. The second kappa shape index (κ2) is 14.5. The Kier molecular flexibility index (Phi) is 9.80. The molecule has 0 radical (unpaired) electrons. The van der Waals surface area contributed by atoms with E-state index in [0.717, 1.165) is 47.2 Å². The fraction of sp³-hybridized carbons (Fsp3) is 0.571. The van der Waals surface area contributed by atoms with E-state index in [9.17, 15) is 19.5 Å². The molecule has 4 aliphatic rings. The van der Waals surface area contributed by atoms with Gasteiger partial charge in [-0.2, -0.15) is 5.10 Å². The first-order valence-corrected chi connectivity index (χ1v) is 19.9. The van der Waals surface area contributed by atoms with Crippen molar-refractivity contribution in [3.8, 4) is 17.1 Å². The standard InChI is InChI=1S/C42H53FN6O6/c1-24-36(45-49-21-28(16-35(54-5)37(24)49)40(52)47-22-30(43)17-31(23-47)44-41(53)55-42(2,3)4)34-15-27-7-6-8-33(38(27)48(34)18-25-9-10-25)29-19-46(20-29)39(51)26-11-13-32(50)14-12-26/h6-8,15-16,21,25-26,29-32,50H,9-14,17-20,22-23H2,1-5H3,(H,44,53)/t26?,30-,31-,32?/m1/s1. The molecular formula is C42H53FN6O6. The van der Waals surface area contributed by atoms with E-state index < -0.39 is 23.9 Å². The summed E-state index contributed by atoms with van der Waals surface area (Å²) >= 11 is 0. The Hall–Kier alpha value is -4.65. The summed E-state index contributed by atoms with van der Waals surface area (Å²) in [5.74, 6) is 1.15. The van der Waals surface area contributed by atoms with Crippen LogP contribution in [0, 0.1) is 18.8 Å². The predicted molar refractivity (Wildman–Crippen MR) is 206 cm³/mol. The van der Waals surface area contributed by atoms with E-state index >= 15 is 4.39 Å². The number of likely N-dealkylation sites (tertiary alicyclic amines) is 2. The van der Waals surface area contributed by atoms with Crippen LogP contribution in [0.4, 0.5) is 9.18 Å². The van der Waals surface area contributed by atoms with Crippen LogP contribution in [0.15, 0.2) is 36.5 Å². The van der Waals surface area contributed by atoms with Crippen LogP contribution >= 0.6 is 0 Å². The van der Waals surface area contributed by atoms with Crippen molar-refractivity contribution in [3.63, 3.8) is 0 Å². The highest BCUT2D eigenvalue weighted by atomic mass is 19.1. The van der Waals surface area contributed by atoms with Crippen molar-refractivity contribution in [1.82, 2.24) is 29.3 Å². The summed E-state index contributed by atoms with van der Waals surface area (Å²) in [6.07, 6.45) is 4.80. The molecule has 2 aliphatic carbocycles. The molecule has 3 amide bonds. The van der Waals surface area contributed by atoms with Gasteiger partial charge in [0.2, 0.25) is 5.91 Å². The number of halogens is 1. The molecule has 3 aromatic heterocycles. The Morgan fingerprint density at radius 1 is 0.982 bits per heavy atom. The number of methoxy groups -OCH3 is 1. The SMILES string of the molecule is COc1cc(C(=O)N2C[C@H](F)C[C@@H](NC(=O)OC(C)(C)C)C2)cn2nc(-c3cc4cccc(C5CN(C(=O)C6CCC(O)CC6)C5)c4n3CC3CC3)c(C)c12. The predicted octanol–water partition coefficient (Wildman–Crippen LogP) is 6.24.